The van der Waals surface area contributed by atoms with Crippen LogP contribution in [0.25, 0.3) is 0 Å². The first kappa shape index (κ1) is 22.0. The van der Waals surface area contributed by atoms with Gasteiger partial charge in [0.2, 0.25) is 0 Å². The predicted molar refractivity (Wildman–Crippen MR) is 109 cm³/mol. The lowest BCUT2D eigenvalue weighted by atomic mass is 10.2. The molecule has 162 valence electrons. The highest BCUT2D eigenvalue weighted by Crippen LogP contribution is 2.16. The van der Waals surface area contributed by atoms with Gasteiger partial charge in [-0.1, -0.05) is 0 Å². The monoisotopic (exact) mass is 421 g/mol. The number of halogens is 2. The highest BCUT2D eigenvalue weighted by atomic mass is 19.2. The van der Waals surface area contributed by atoms with Gasteiger partial charge in [-0.3, -0.25) is 4.79 Å². The van der Waals surface area contributed by atoms with Gasteiger partial charge in [0.15, 0.2) is 17.7 Å². The lowest BCUT2D eigenvalue weighted by molar-refractivity contribution is -1.02. The SMILES string of the molecule is COc1ccc(OCC[NH+]2CC[NH+]([C@@H](C)C(=O)Nc3ccc(F)c(F)c3)CC2)cc1. The number of nitrogens with one attached hydrogen (secondary N) is 3. The number of methoxy groups -OCH3 is 1. The van der Waals surface area contributed by atoms with Gasteiger partial charge in [0, 0.05) is 11.8 Å². The maximum absolute atomic E-state index is 13.3. The topological polar surface area (TPSA) is 56.4 Å². The highest BCUT2D eigenvalue weighted by Gasteiger charge is 2.31. The standard InChI is InChI=1S/C22H27F2N3O3/c1-16(22(28)25-17-3-8-20(23)21(24)15-17)27-11-9-26(10-12-27)13-14-30-19-6-4-18(29-2)5-7-19/h3-8,15-16H,9-14H2,1-2H3,(H,25,28)/p+2/t16-/m0/s1. The molecule has 30 heavy (non-hydrogen) atoms. The van der Waals surface area contributed by atoms with Gasteiger partial charge in [0.25, 0.3) is 5.91 Å². The molecular weight excluding hydrogens is 392 g/mol. The summed E-state index contributed by atoms with van der Waals surface area (Å²) in [7, 11) is 1.63. The Morgan fingerprint density at radius 1 is 1.03 bits per heavy atom. The van der Waals surface area contributed by atoms with Gasteiger partial charge in [-0.15, -0.1) is 0 Å². The number of piperazine rings is 1. The van der Waals surface area contributed by atoms with Crippen molar-refractivity contribution in [3.05, 3.63) is 54.1 Å². The Balaban J connectivity index is 1.39. The Kier molecular flexibility index (Phi) is 7.59. The van der Waals surface area contributed by atoms with Crippen LogP contribution in [0.15, 0.2) is 42.5 Å². The van der Waals surface area contributed by atoms with Crippen LogP contribution in [0.1, 0.15) is 6.92 Å². The molecule has 0 unspecified atom stereocenters. The lowest BCUT2D eigenvalue weighted by Crippen LogP contribution is -3.30. The molecule has 1 aliphatic rings. The number of amides is 1. The van der Waals surface area contributed by atoms with Crippen LogP contribution < -0.4 is 24.6 Å². The number of carbonyl (C=O) groups excluding carboxylic acids is 1. The fraction of sp³-hybridized carbons (Fsp3) is 0.409. The minimum atomic E-state index is -0.970. The van der Waals surface area contributed by atoms with Crippen LogP contribution in [0.5, 0.6) is 11.5 Å². The van der Waals surface area contributed by atoms with E-state index in [0.717, 1.165) is 56.4 Å². The van der Waals surface area contributed by atoms with Crippen LogP contribution >= 0.6 is 0 Å². The second kappa shape index (κ2) is 10.4. The molecule has 8 heteroatoms. The van der Waals surface area contributed by atoms with Crippen LogP contribution in [0, 0.1) is 11.6 Å². The quantitative estimate of drug-likeness (QED) is 0.570. The second-order valence-corrected chi connectivity index (χ2v) is 7.52. The van der Waals surface area contributed by atoms with E-state index < -0.39 is 11.6 Å². The summed E-state index contributed by atoms with van der Waals surface area (Å²) >= 11 is 0. The maximum Gasteiger partial charge on any atom is 0.282 e. The van der Waals surface area contributed by atoms with Gasteiger partial charge < -0.3 is 24.6 Å². The average molecular weight is 421 g/mol. The summed E-state index contributed by atoms with van der Waals surface area (Å²) in [4.78, 5) is 15.1. The number of carbonyl (C=O) groups is 1. The second-order valence-electron chi connectivity index (χ2n) is 7.52. The molecule has 0 aromatic heterocycles. The van der Waals surface area contributed by atoms with E-state index in [2.05, 4.69) is 5.32 Å². The Labute approximate surface area is 175 Å². The van der Waals surface area contributed by atoms with Crippen molar-refractivity contribution in [1.82, 2.24) is 0 Å². The fourth-order valence-corrected chi connectivity index (χ4v) is 3.60. The smallest absolute Gasteiger partial charge is 0.282 e. The van der Waals surface area contributed by atoms with Gasteiger partial charge in [0.05, 0.1) is 7.11 Å². The van der Waals surface area contributed by atoms with Crippen LogP contribution in [-0.4, -0.2) is 58.4 Å². The maximum atomic E-state index is 13.3. The molecule has 3 N–H and O–H groups in total. The molecule has 1 atom stereocenters. The number of anilines is 1. The third kappa shape index (κ3) is 5.90. The average Bonchev–Trinajstić information content (AvgIpc) is 2.77. The molecule has 2 aromatic rings. The Bertz CT molecular complexity index is 840. The molecular formula is C22H29F2N3O3+2. The molecule has 6 nitrogen and oxygen atoms in total. The van der Waals surface area contributed by atoms with E-state index in [1.165, 1.54) is 15.9 Å². The van der Waals surface area contributed by atoms with Crippen molar-refractivity contribution in [2.75, 3.05) is 51.8 Å². The summed E-state index contributed by atoms with van der Waals surface area (Å²) in [6, 6.07) is 10.6. The molecule has 0 aliphatic carbocycles. The first-order chi connectivity index (χ1) is 14.5. The van der Waals surface area contributed by atoms with Gasteiger partial charge >= 0.3 is 0 Å². The summed E-state index contributed by atoms with van der Waals surface area (Å²) in [6.45, 7) is 7.02. The molecule has 1 fully saturated rings. The van der Waals surface area contributed by atoms with Crippen molar-refractivity contribution in [3.63, 3.8) is 0 Å². The number of hydrogen-bond acceptors (Lipinski definition) is 3. The van der Waals surface area contributed by atoms with E-state index >= 15 is 0 Å². The Morgan fingerprint density at radius 2 is 1.70 bits per heavy atom. The van der Waals surface area contributed by atoms with E-state index in [-0.39, 0.29) is 17.6 Å². The van der Waals surface area contributed by atoms with Gasteiger partial charge in [0.1, 0.15) is 50.8 Å². The Hall–Kier alpha value is -2.71. The van der Waals surface area contributed by atoms with Gasteiger partial charge in [-0.2, -0.15) is 0 Å². The van der Waals surface area contributed by atoms with Crippen molar-refractivity contribution in [1.29, 1.82) is 0 Å². The molecule has 2 aromatic carbocycles. The van der Waals surface area contributed by atoms with Gasteiger partial charge in [-0.05, 0) is 43.3 Å². The molecule has 1 aliphatic heterocycles. The normalized spacial score (nSPS) is 19.7. The Morgan fingerprint density at radius 3 is 2.33 bits per heavy atom. The molecule has 1 saturated heterocycles. The minimum absolute atomic E-state index is 0.192. The molecule has 0 spiro atoms. The van der Waals surface area contributed by atoms with Crippen LogP contribution in [-0.2, 0) is 4.79 Å². The molecule has 3 rings (SSSR count). The van der Waals surface area contributed by atoms with E-state index in [1.54, 1.807) is 7.11 Å². The molecule has 0 saturated carbocycles. The summed E-state index contributed by atoms with van der Waals surface area (Å²) in [5.41, 5.74) is 0.269. The molecule has 1 amide bonds. The van der Waals surface area contributed by atoms with E-state index in [0.29, 0.717) is 6.61 Å². The molecule has 1 heterocycles. The summed E-state index contributed by atoms with van der Waals surface area (Å²) in [5.74, 6) is -0.470. The lowest BCUT2D eigenvalue weighted by Gasteiger charge is -2.32. The third-order valence-corrected chi connectivity index (χ3v) is 5.58. The number of rotatable bonds is 8. The number of ether oxygens (including phenoxy) is 2. The first-order valence-electron chi connectivity index (χ1n) is 10.2. The fourth-order valence-electron chi connectivity index (χ4n) is 3.60. The third-order valence-electron chi connectivity index (χ3n) is 5.58. The van der Waals surface area contributed by atoms with Crippen LogP contribution in [0.3, 0.4) is 0 Å². The number of hydrogen-bond donors (Lipinski definition) is 3. The number of quaternary nitrogens is 2. The van der Waals surface area contributed by atoms with E-state index in [4.69, 9.17) is 9.47 Å². The van der Waals surface area contributed by atoms with Crippen molar-refractivity contribution < 1.29 is 32.8 Å². The summed E-state index contributed by atoms with van der Waals surface area (Å²) in [5, 5.41) is 2.68. The molecule has 0 radical (unpaired) electrons. The highest BCUT2D eigenvalue weighted by molar-refractivity contribution is 5.93. The van der Waals surface area contributed by atoms with Crippen LogP contribution in [0.4, 0.5) is 14.5 Å². The largest absolute Gasteiger partial charge is 0.497 e. The van der Waals surface area contributed by atoms with E-state index in [1.807, 2.05) is 31.2 Å². The zero-order chi connectivity index (χ0) is 21.5. The van der Waals surface area contributed by atoms with E-state index in [9.17, 15) is 13.6 Å². The molecule has 0 bridgehead atoms. The zero-order valence-electron chi connectivity index (χ0n) is 17.3. The zero-order valence-corrected chi connectivity index (χ0v) is 17.3. The summed E-state index contributed by atoms with van der Waals surface area (Å²) < 4.78 is 37.3. The van der Waals surface area contributed by atoms with Crippen molar-refractivity contribution in [2.24, 2.45) is 0 Å². The van der Waals surface area contributed by atoms with Crippen molar-refractivity contribution in [3.8, 4) is 11.5 Å². The van der Waals surface area contributed by atoms with Crippen molar-refractivity contribution in [2.45, 2.75) is 13.0 Å². The van der Waals surface area contributed by atoms with Crippen molar-refractivity contribution >= 4 is 11.6 Å². The number of benzene rings is 2. The van der Waals surface area contributed by atoms with Gasteiger partial charge in [-0.25, -0.2) is 8.78 Å². The summed E-state index contributed by atoms with van der Waals surface area (Å²) in [6.07, 6.45) is 0. The van der Waals surface area contributed by atoms with Crippen LogP contribution in [0.2, 0.25) is 0 Å². The first-order valence-corrected chi connectivity index (χ1v) is 10.2. The minimum Gasteiger partial charge on any atom is -0.497 e. The predicted octanol–water partition coefficient (Wildman–Crippen LogP) is 0.163.